The first-order valence-electron chi connectivity index (χ1n) is 5.65. The van der Waals surface area contributed by atoms with Crippen LogP contribution in [0.2, 0.25) is 0 Å². The normalized spacial score (nSPS) is 14.8. The van der Waals surface area contributed by atoms with Gasteiger partial charge in [0.05, 0.1) is 12.1 Å². The molecule has 16 heavy (non-hydrogen) atoms. The summed E-state index contributed by atoms with van der Waals surface area (Å²) in [4.78, 5) is 0. The first-order chi connectivity index (χ1) is 7.60. The fraction of sp³-hybridized carbons (Fsp3) is 0.538. The van der Waals surface area contributed by atoms with Gasteiger partial charge in [0.25, 0.3) is 0 Å². The van der Waals surface area contributed by atoms with Crippen molar-refractivity contribution in [3.8, 4) is 0 Å². The molecule has 1 rings (SSSR count). The number of rotatable bonds is 5. The Balaban J connectivity index is 2.98. The molecular formula is C13H20FNO. The molecule has 0 amide bonds. The van der Waals surface area contributed by atoms with E-state index in [1.165, 1.54) is 6.07 Å². The molecule has 0 heterocycles. The molecule has 2 unspecified atom stereocenters. The maximum Gasteiger partial charge on any atom is 0.123 e. The predicted octanol–water partition coefficient (Wildman–Crippen LogP) is 2.82. The fourth-order valence-corrected chi connectivity index (χ4v) is 1.95. The standard InChI is InChI=1S/C13H20FNO/c1-5-16-10(3)13(15-4)12-8-11(14)7-6-9(12)2/h6-8,10,13,15H,5H2,1-4H3. The summed E-state index contributed by atoms with van der Waals surface area (Å²) in [7, 11) is 1.87. The van der Waals surface area contributed by atoms with E-state index in [0.29, 0.717) is 6.61 Å². The van der Waals surface area contributed by atoms with E-state index < -0.39 is 0 Å². The van der Waals surface area contributed by atoms with E-state index in [0.717, 1.165) is 11.1 Å². The van der Waals surface area contributed by atoms with Gasteiger partial charge in [-0.05, 0) is 51.1 Å². The van der Waals surface area contributed by atoms with Gasteiger partial charge >= 0.3 is 0 Å². The van der Waals surface area contributed by atoms with Crippen LogP contribution in [0.25, 0.3) is 0 Å². The zero-order chi connectivity index (χ0) is 12.1. The Morgan fingerprint density at radius 3 is 2.69 bits per heavy atom. The third-order valence-electron chi connectivity index (χ3n) is 2.79. The van der Waals surface area contributed by atoms with E-state index in [-0.39, 0.29) is 18.0 Å². The molecule has 0 spiro atoms. The van der Waals surface area contributed by atoms with Crippen molar-refractivity contribution >= 4 is 0 Å². The summed E-state index contributed by atoms with van der Waals surface area (Å²) in [6.07, 6.45) is 0.0236. The molecule has 0 aliphatic rings. The van der Waals surface area contributed by atoms with Crippen LogP contribution in [-0.4, -0.2) is 19.8 Å². The van der Waals surface area contributed by atoms with Crippen molar-refractivity contribution in [2.75, 3.05) is 13.7 Å². The third-order valence-corrected chi connectivity index (χ3v) is 2.79. The van der Waals surface area contributed by atoms with Gasteiger partial charge in [-0.25, -0.2) is 4.39 Å². The molecule has 90 valence electrons. The lowest BCUT2D eigenvalue weighted by Gasteiger charge is -2.25. The van der Waals surface area contributed by atoms with E-state index in [1.54, 1.807) is 12.1 Å². The van der Waals surface area contributed by atoms with Gasteiger partial charge in [0.2, 0.25) is 0 Å². The molecule has 0 bridgehead atoms. The first-order valence-corrected chi connectivity index (χ1v) is 5.65. The second kappa shape index (κ2) is 5.97. The monoisotopic (exact) mass is 225 g/mol. The van der Waals surface area contributed by atoms with Gasteiger partial charge in [-0.15, -0.1) is 0 Å². The number of ether oxygens (including phenoxy) is 1. The average molecular weight is 225 g/mol. The maximum absolute atomic E-state index is 13.2. The molecule has 0 saturated carbocycles. The van der Waals surface area contributed by atoms with Gasteiger partial charge in [0, 0.05) is 6.61 Å². The van der Waals surface area contributed by atoms with Crippen LogP contribution in [0, 0.1) is 12.7 Å². The lowest BCUT2D eigenvalue weighted by Crippen LogP contribution is -2.30. The van der Waals surface area contributed by atoms with Crippen LogP contribution in [-0.2, 0) is 4.74 Å². The van der Waals surface area contributed by atoms with Crippen molar-refractivity contribution in [2.24, 2.45) is 0 Å². The SMILES string of the molecule is CCOC(C)C(NC)c1cc(F)ccc1C. The smallest absolute Gasteiger partial charge is 0.123 e. The van der Waals surface area contributed by atoms with Gasteiger partial charge in [-0.1, -0.05) is 6.07 Å². The van der Waals surface area contributed by atoms with Crippen molar-refractivity contribution < 1.29 is 9.13 Å². The molecule has 3 heteroatoms. The van der Waals surface area contributed by atoms with Gasteiger partial charge in [-0.3, -0.25) is 0 Å². The number of hydrogen-bond donors (Lipinski definition) is 1. The number of nitrogens with one attached hydrogen (secondary N) is 1. The Hall–Kier alpha value is -0.930. The van der Waals surface area contributed by atoms with Crippen LogP contribution in [0.15, 0.2) is 18.2 Å². The fourth-order valence-electron chi connectivity index (χ4n) is 1.95. The van der Waals surface area contributed by atoms with E-state index in [4.69, 9.17) is 4.74 Å². The molecular weight excluding hydrogens is 205 g/mol. The molecule has 0 aliphatic heterocycles. The second-order valence-electron chi connectivity index (χ2n) is 3.93. The summed E-state index contributed by atoms with van der Waals surface area (Å²) in [6, 6.07) is 4.88. The van der Waals surface area contributed by atoms with Gasteiger partial charge in [0.15, 0.2) is 0 Å². The number of likely N-dealkylation sites (N-methyl/N-ethyl adjacent to an activating group) is 1. The molecule has 0 radical (unpaired) electrons. The topological polar surface area (TPSA) is 21.3 Å². The zero-order valence-electron chi connectivity index (χ0n) is 10.4. The Morgan fingerprint density at radius 2 is 2.12 bits per heavy atom. The summed E-state index contributed by atoms with van der Waals surface area (Å²) >= 11 is 0. The van der Waals surface area contributed by atoms with Crippen LogP contribution in [0.5, 0.6) is 0 Å². The first kappa shape index (κ1) is 13.1. The Labute approximate surface area is 96.8 Å². The summed E-state index contributed by atoms with van der Waals surface area (Å²) < 4.78 is 18.8. The molecule has 0 aliphatic carbocycles. The summed E-state index contributed by atoms with van der Waals surface area (Å²) in [5, 5.41) is 3.18. The number of hydrogen-bond acceptors (Lipinski definition) is 2. The lowest BCUT2D eigenvalue weighted by atomic mass is 9.97. The summed E-state index contributed by atoms with van der Waals surface area (Å²) in [5.41, 5.74) is 2.04. The minimum atomic E-state index is -0.204. The van der Waals surface area contributed by atoms with E-state index in [2.05, 4.69) is 5.32 Å². The van der Waals surface area contributed by atoms with Crippen molar-refractivity contribution in [1.82, 2.24) is 5.32 Å². The van der Waals surface area contributed by atoms with Crippen LogP contribution >= 0.6 is 0 Å². The lowest BCUT2D eigenvalue weighted by molar-refractivity contribution is 0.0491. The average Bonchev–Trinajstić information content (AvgIpc) is 2.24. The molecule has 0 aromatic heterocycles. The van der Waals surface area contributed by atoms with E-state index in [1.807, 2.05) is 27.8 Å². The highest BCUT2D eigenvalue weighted by Gasteiger charge is 2.19. The molecule has 1 aromatic carbocycles. The molecule has 1 aromatic rings. The molecule has 1 N–H and O–H groups in total. The summed E-state index contributed by atoms with van der Waals surface area (Å²) in [5.74, 6) is -0.204. The van der Waals surface area contributed by atoms with Crippen LogP contribution < -0.4 is 5.32 Å². The highest BCUT2D eigenvalue weighted by molar-refractivity contribution is 5.30. The number of aryl methyl sites for hydroxylation is 1. The van der Waals surface area contributed by atoms with Crippen molar-refractivity contribution in [3.63, 3.8) is 0 Å². The zero-order valence-corrected chi connectivity index (χ0v) is 10.4. The number of halogens is 1. The molecule has 0 saturated heterocycles. The maximum atomic E-state index is 13.2. The van der Waals surface area contributed by atoms with Gasteiger partial charge in [0.1, 0.15) is 5.82 Å². The van der Waals surface area contributed by atoms with Crippen LogP contribution in [0.1, 0.15) is 31.0 Å². The minimum Gasteiger partial charge on any atom is -0.377 e. The largest absolute Gasteiger partial charge is 0.377 e. The van der Waals surface area contributed by atoms with Crippen molar-refractivity contribution in [2.45, 2.75) is 32.9 Å². The van der Waals surface area contributed by atoms with Crippen molar-refractivity contribution in [3.05, 3.63) is 35.1 Å². The third kappa shape index (κ3) is 3.03. The quantitative estimate of drug-likeness (QED) is 0.832. The highest BCUT2D eigenvalue weighted by atomic mass is 19.1. The van der Waals surface area contributed by atoms with E-state index in [9.17, 15) is 4.39 Å². The molecule has 2 atom stereocenters. The van der Waals surface area contributed by atoms with E-state index >= 15 is 0 Å². The minimum absolute atomic E-state index is 0.0236. The van der Waals surface area contributed by atoms with Gasteiger partial charge in [-0.2, -0.15) is 0 Å². The molecule has 2 nitrogen and oxygen atoms in total. The predicted molar refractivity (Wildman–Crippen MR) is 64.0 cm³/mol. The van der Waals surface area contributed by atoms with Crippen molar-refractivity contribution in [1.29, 1.82) is 0 Å². The Kier molecular flexibility index (Phi) is 4.90. The van der Waals surface area contributed by atoms with Crippen LogP contribution in [0.3, 0.4) is 0 Å². The van der Waals surface area contributed by atoms with Crippen LogP contribution in [0.4, 0.5) is 4.39 Å². The Morgan fingerprint density at radius 1 is 1.44 bits per heavy atom. The highest BCUT2D eigenvalue weighted by Crippen LogP contribution is 2.23. The summed E-state index contributed by atoms with van der Waals surface area (Å²) in [6.45, 7) is 6.60. The van der Waals surface area contributed by atoms with Gasteiger partial charge < -0.3 is 10.1 Å². The number of benzene rings is 1. The molecule has 0 fully saturated rings. The second-order valence-corrected chi connectivity index (χ2v) is 3.93. The Bertz CT molecular complexity index is 341.